The van der Waals surface area contributed by atoms with Crippen molar-refractivity contribution in [3.63, 3.8) is 0 Å². The zero-order valence-electron chi connectivity index (χ0n) is 40.7. The highest BCUT2D eigenvalue weighted by atomic mass is 35.5. The van der Waals surface area contributed by atoms with Gasteiger partial charge in [-0.1, -0.05) is 48.3 Å². The molecule has 388 valence electrons. The minimum absolute atomic E-state index is 0.0168. The molecule has 10 atom stereocenters. The number of aromatic amines is 2. The fourth-order valence-electron chi connectivity index (χ4n) is 11.2. The zero-order valence-corrected chi connectivity index (χ0v) is 42.2. The summed E-state index contributed by atoms with van der Waals surface area (Å²) in [5, 5.41) is 10.9. The monoisotopic (exact) mass is 1050 g/mol. The first-order chi connectivity index (χ1) is 35.5. The van der Waals surface area contributed by atoms with E-state index in [1.165, 1.54) is 6.07 Å². The van der Waals surface area contributed by atoms with Gasteiger partial charge in [0.25, 0.3) is 12.0 Å². The molecule has 4 aromatic heterocycles. The van der Waals surface area contributed by atoms with E-state index in [0.717, 1.165) is 47.9 Å². The number of aryl methyl sites for hydroxylation is 2. The lowest BCUT2D eigenvalue weighted by atomic mass is 9.94. The Morgan fingerprint density at radius 2 is 1.29 bits per heavy atom. The molecule has 4 aliphatic heterocycles. The molecule has 0 radical (unpaired) electrons. The first-order valence-corrected chi connectivity index (χ1v) is 25.8. The quantitative estimate of drug-likeness (QED) is 0.0788. The number of hydrogen-bond acceptors (Lipinski definition) is 14. The third-order valence-corrected chi connectivity index (χ3v) is 15.3. The second kappa shape index (κ2) is 21.7. The maximum atomic E-state index is 15.1. The summed E-state index contributed by atoms with van der Waals surface area (Å²) < 4.78 is 81.2. The standard InChI is InChI=1S/C27H29ClFN3O4.C26H29ClFN3O6/c1-14-12-34-25-22(13-35-24(14)25)36-27-31-21-11-18(28)20(30-26(21)32-27)10-17-6-5-16-8-15(4-3-7-33-2)9-19(29)23(16)17;1-2-33-5-6-34-15-7-13-3-4-14(22(13)17(28)9-15)8-18-16(27)10-19-25(29-18)31-26(30-19)37-21-12-36-23-20(32)11-35-24(21)23/h3-4,8-9,11,14,17,22,24-25H,5-7,10,12-13H2,1-2H3,(H,30,31,32);7,9-10,14,20-21,23-24,32H,2-6,8,11-12H2,1H3,(H,29,30,31)/b4-3+;/t14-,17-,22-,24-,25-;14?,20-,21-,23-,24-/m11/s1. The fourth-order valence-corrected chi connectivity index (χ4v) is 11.6. The molecule has 0 spiro atoms. The van der Waals surface area contributed by atoms with Crippen molar-refractivity contribution in [2.45, 2.75) is 107 Å². The molecule has 12 rings (SSSR count). The van der Waals surface area contributed by atoms with Crippen LogP contribution in [0.5, 0.6) is 17.8 Å². The Hall–Kier alpha value is -5.02. The van der Waals surface area contributed by atoms with E-state index in [-0.39, 0.29) is 72.7 Å². The highest BCUT2D eigenvalue weighted by molar-refractivity contribution is 6.32. The number of methoxy groups -OCH3 is 1. The summed E-state index contributed by atoms with van der Waals surface area (Å²) in [4.78, 5) is 24.7. The number of aliphatic hydroxyl groups excluding tert-OH is 1. The zero-order chi connectivity index (χ0) is 50.3. The second-order valence-corrected chi connectivity index (χ2v) is 20.4. The largest absolute Gasteiger partial charge is 0.491 e. The molecule has 8 heterocycles. The topological polar surface area (TPSA) is 186 Å². The summed E-state index contributed by atoms with van der Waals surface area (Å²) in [5.74, 6) is 0.406. The van der Waals surface area contributed by atoms with Gasteiger partial charge in [0.15, 0.2) is 23.5 Å². The number of nitrogens with one attached hydrogen (secondary N) is 2. The number of aromatic nitrogens is 6. The number of rotatable bonds is 16. The fraction of sp³-hybridized carbons (Fsp3) is 0.509. The first-order valence-electron chi connectivity index (χ1n) is 25.1. The number of imidazole rings is 2. The molecular weight excluding hydrogens is 990 g/mol. The van der Waals surface area contributed by atoms with Gasteiger partial charge in [-0.2, -0.15) is 9.97 Å². The van der Waals surface area contributed by atoms with Crippen molar-refractivity contribution in [1.82, 2.24) is 29.9 Å². The average Bonchev–Trinajstić information content (AvgIpc) is 4.25. The number of halogens is 4. The smallest absolute Gasteiger partial charge is 0.296 e. The van der Waals surface area contributed by atoms with Crippen LogP contribution >= 0.6 is 23.2 Å². The Morgan fingerprint density at radius 1 is 0.712 bits per heavy atom. The van der Waals surface area contributed by atoms with Gasteiger partial charge >= 0.3 is 0 Å². The van der Waals surface area contributed by atoms with Crippen LogP contribution in [0.25, 0.3) is 28.4 Å². The molecule has 0 bridgehead atoms. The molecule has 4 fully saturated rings. The Morgan fingerprint density at radius 3 is 1.92 bits per heavy atom. The molecule has 2 aromatic carbocycles. The van der Waals surface area contributed by atoms with Gasteiger partial charge in [0.1, 0.15) is 48.4 Å². The van der Waals surface area contributed by atoms with Crippen LogP contribution in [0.3, 0.4) is 0 Å². The number of nitrogens with zero attached hydrogens (tertiary/aromatic N) is 4. The molecule has 0 amide bonds. The van der Waals surface area contributed by atoms with Crippen molar-refractivity contribution >= 4 is 51.6 Å². The number of fused-ring (bicyclic) bond motifs is 6. The highest BCUT2D eigenvalue weighted by Gasteiger charge is 2.49. The van der Waals surface area contributed by atoms with Crippen LogP contribution in [0.15, 0.2) is 42.5 Å². The lowest BCUT2D eigenvalue weighted by Gasteiger charge is -2.15. The lowest BCUT2D eigenvalue weighted by molar-refractivity contribution is 0.00706. The van der Waals surface area contributed by atoms with Gasteiger partial charge in [-0.05, 0) is 109 Å². The molecule has 4 saturated heterocycles. The molecule has 16 nitrogen and oxygen atoms in total. The number of ether oxygens (including phenoxy) is 9. The van der Waals surface area contributed by atoms with Crippen LogP contribution in [-0.4, -0.2) is 138 Å². The van der Waals surface area contributed by atoms with Crippen molar-refractivity contribution < 1.29 is 56.5 Å². The first kappa shape index (κ1) is 50.2. The molecule has 73 heavy (non-hydrogen) atoms. The summed E-state index contributed by atoms with van der Waals surface area (Å²) in [5.41, 5.74) is 8.02. The number of hydrogen-bond donors (Lipinski definition) is 3. The summed E-state index contributed by atoms with van der Waals surface area (Å²) >= 11 is 13.2. The third kappa shape index (κ3) is 10.5. The summed E-state index contributed by atoms with van der Waals surface area (Å²) in [6.07, 6.45) is 6.05. The maximum Gasteiger partial charge on any atom is 0.296 e. The van der Waals surface area contributed by atoms with Gasteiger partial charge < -0.3 is 57.7 Å². The molecule has 6 aromatic rings. The van der Waals surface area contributed by atoms with E-state index in [2.05, 4.69) is 37.9 Å². The molecule has 3 N–H and O–H groups in total. The van der Waals surface area contributed by atoms with Crippen LogP contribution < -0.4 is 14.2 Å². The van der Waals surface area contributed by atoms with Crippen LogP contribution in [0.2, 0.25) is 10.0 Å². The minimum Gasteiger partial charge on any atom is -0.491 e. The Bertz CT molecular complexity index is 3000. The molecule has 20 heteroatoms. The molecule has 2 aliphatic carbocycles. The van der Waals surface area contributed by atoms with Gasteiger partial charge in [-0.25, -0.2) is 18.7 Å². The number of aliphatic hydroxyl groups is 1. The van der Waals surface area contributed by atoms with Crippen molar-refractivity contribution in [3.05, 3.63) is 103 Å². The van der Waals surface area contributed by atoms with Gasteiger partial charge in [0.05, 0.1) is 78.2 Å². The van der Waals surface area contributed by atoms with Crippen LogP contribution in [0.1, 0.15) is 77.7 Å². The van der Waals surface area contributed by atoms with E-state index < -0.39 is 6.10 Å². The Labute approximate surface area is 430 Å². The SMILES string of the molecule is CCOCCOc1cc(F)c2c(c1)CCC2Cc1nc2nc(O[C@@H]3CO[C@H]4[C@@H]3OC[C@H]4O)[nH]c2cc1Cl.COC/C=C/c1cc(F)c2c(c1)CC[C@@H]2Cc1nc2nc(O[C@@H]3CO[C@H]4[C@@H]3OC[C@H]4C)[nH]c2cc1Cl. The number of pyridine rings is 2. The summed E-state index contributed by atoms with van der Waals surface area (Å²) in [6, 6.07) is 11.3. The predicted molar refractivity (Wildman–Crippen MR) is 266 cm³/mol. The van der Waals surface area contributed by atoms with E-state index >= 15 is 8.78 Å². The van der Waals surface area contributed by atoms with Crippen LogP contribution in [-0.2, 0) is 54.1 Å². The van der Waals surface area contributed by atoms with E-state index in [4.69, 9.17) is 70.8 Å². The van der Waals surface area contributed by atoms with Gasteiger partial charge in [0, 0.05) is 25.7 Å². The molecule has 1 unspecified atom stereocenters. The lowest BCUT2D eigenvalue weighted by Crippen LogP contribution is -2.34. The van der Waals surface area contributed by atoms with Crippen molar-refractivity contribution in [1.29, 1.82) is 0 Å². The van der Waals surface area contributed by atoms with E-state index in [1.54, 1.807) is 19.2 Å². The number of H-pyrrole nitrogens is 2. The predicted octanol–water partition coefficient (Wildman–Crippen LogP) is 8.21. The molecular formula is C53H58Cl2F2N6O10. The number of benzene rings is 2. The Balaban J connectivity index is 0.000000157. The normalized spacial score (nSPS) is 26.9. The second-order valence-electron chi connectivity index (χ2n) is 19.5. The van der Waals surface area contributed by atoms with E-state index in [9.17, 15) is 5.11 Å². The van der Waals surface area contributed by atoms with Crippen LogP contribution in [0.4, 0.5) is 8.78 Å². The third-order valence-electron chi connectivity index (χ3n) is 14.6. The summed E-state index contributed by atoms with van der Waals surface area (Å²) in [7, 11) is 1.63. The van der Waals surface area contributed by atoms with E-state index in [0.29, 0.717) is 126 Å². The maximum absolute atomic E-state index is 15.1. The van der Waals surface area contributed by atoms with Gasteiger partial charge in [0.2, 0.25) is 0 Å². The van der Waals surface area contributed by atoms with Crippen LogP contribution in [0, 0.1) is 17.6 Å². The highest BCUT2D eigenvalue weighted by Crippen LogP contribution is 2.42. The van der Waals surface area contributed by atoms with Gasteiger partial charge in [-0.3, -0.25) is 0 Å². The van der Waals surface area contributed by atoms with Crippen molar-refractivity contribution in [3.8, 4) is 17.8 Å². The van der Waals surface area contributed by atoms with Crippen molar-refractivity contribution in [2.24, 2.45) is 5.92 Å². The molecule has 0 saturated carbocycles. The molecule has 6 aliphatic rings. The summed E-state index contributed by atoms with van der Waals surface area (Å²) in [6.45, 7) is 7.67. The Kier molecular flexibility index (Phi) is 14.9. The van der Waals surface area contributed by atoms with Gasteiger partial charge in [-0.15, -0.1) is 0 Å². The van der Waals surface area contributed by atoms with E-state index in [1.807, 2.05) is 31.2 Å². The average molecular weight is 1050 g/mol. The van der Waals surface area contributed by atoms with Crippen molar-refractivity contribution in [2.75, 3.05) is 60.0 Å². The minimum atomic E-state index is -0.651.